The van der Waals surface area contributed by atoms with Crippen molar-refractivity contribution in [2.75, 3.05) is 13.1 Å². The molecule has 0 aliphatic carbocycles. The molecule has 2 aromatic carbocycles. The molecular formula is C22H24N4O. The minimum atomic E-state index is -0.0473. The molecule has 1 N–H and O–H groups in total. The Kier molecular flexibility index (Phi) is 5.03. The molecule has 2 heterocycles. The Labute approximate surface area is 159 Å². The van der Waals surface area contributed by atoms with Crippen LogP contribution >= 0.6 is 0 Å². The Bertz CT molecular complexity index is 920. The molecule has 0 saturated heterocycles. The molecule has 4 rings (SSSR count). The van der Waals surface area contributed by atoms with E-state index in [0.29, 0.717) is 5.56 Å². The van der Waals surface area contributed by atoms with Gasteiger partial charge in [-0.2, -0.15) is 5.10 Å². The number of nitrogens with one attached hydrogen (secondary N) is 1. The maximum atomic E-state index is 12.7. The van der Waals surface area contributed by atoms with E-state index in [0.717, 1.165) is 31.7 Å². The van der Waals surface area contributed by atoms with Crippen molar-refractivity contribution in [3.8, 4) is 5.69 Å². The predicted octanol–water partition coefficient (Wildman–Crippen LogP) is 3.05. The topological polar surface area (TPSA) is 50.2 Å². The van der Waals surface area contributed by atoms with Crippen LogP contribution in [0.3, 0.4) is 0 Å². The molecule has 138 valence electrons. The molecule has 5 nitrogen and oxygen atoms in total. The summed E-state index contributed by atoms with van der Waals surface area (Å²) >= 11 is 0. The monoisotopic (exact) mass is 360 g/mol. The van der Waals surface area contributed by atoms with Crippen LogP contribution in [0, 0.1) is 0 Å². The first-order chi connectivity index (χ1) is 13.2. The Morgan fingerprint density at radius 2 is 2.00 bits per heavy atom. The van der Waals surface area contributed by atoms with Gasteiger partial charge in [0.2, 0.25) is 0 Å². The lowest BCUT2D eigenvalue weighted by Crippen LogP contribution is -2.43. The lowest BCUT2D eigenvalue weighted by molar-refractivity contribution is 0.0927. The number of rotatable bonds is 5. The van der Waals surface area contributed by atoms with Crippen LogP contribution in [0.5, 0.6) is 0 Å². The molecule has 0 radical (unpaired) electrons. The van der Waals surface area contributed by atoms with Crippen molar-refractivity contribution < 1.29 is 4.79 Å². The number of hydrogen-bond acceptors (Lipinski definition) is 3. The van der Waals surface area contributed by atoms with Crippen LogP contribution in [0.15, 0.2) is 67.0 Å². The van der Waals surface area contributed by atoms with Gasteiger partial charge in [-0.1, -0.05) is 30.3 Å². The summed E-state index contributed by atoms with van der Waals surface area (Å²) in [6, 6.07) is 18.1. The second kappa shape index (κ2) is 7.76. The minimum absolute atomic E-state index is 0.0473. The summed E-state index contributed by atoms with van der Waals surface area (Å²) in [6.07, 6.45) is 4.67. The van der Waals surface area contributed by atoms with Crippen LogP contribution in [0.2, 0.25) is 0 Å². The summed E-state index contributed by atoms with van der Waals surface area (Å²) in [6.45, 7) is 4.89. The van der Waals surface area contributed by atoms with E-state index in [1.54, 1.807) is 10.9 Å². The van der Waals surface area contributed by atoms with E-state index < -0.39 is 0 Å². The van der Waals surface area contributed by atoms with Crippen molar-refractivity contribution in [1.82, 2.24) is 20.0 Å². The molecule has 0 saturated carbocycles. The molecule has 1 aliphatic heterocycles. The zero-order valence-corrected chi connectivity index (χ0v) is 15.5. The van der Waals surface area contributed by atoms with Crippen LogP contribution in [0.1, 0.15) is 28.4 Å². The van der Waals surface area contributed by atoms with Crippen molar-refractivity contribution in [2.45, 2.75) is 25.9 Å². The summed E-state index contributed by atoms with van der Waals surface area (Å²) in [4.78, 5) is 15.1. The summed E-state index contributed by atoms with van der Waals surface area (Å²) in [5, 5.41) is 7.35. The molecule has 0 spiro atoms. The van der Waals surface area contributed by atoms with E-state index in [1.165, 1.54) is 11.1 Å². The van der Waals surface area contributed by atoms with Gasteiger partial charge in [0.15, 0.2) is 0 Å². The molecule has 3 aromatic rings. The summed E-state index contributed by atoms with van der Waals surface area (Å²) in [5.41, 5.74) is 4.38. The van der Waals surface area contributed by atoms with Crippen molar-refractivity contribution in [1.29, 1.82) is 0 Å². The number of amides is 1. The zero-order chi connectivity index (χ0) is 18.6. The van der Waals surface area contributed by atoms with Gasteiger partial charge in [0.1, 0.15) is 0 Å². The second-order valence-electron chi connectivity index (χ2n) is 7.13. The van der Waals surface area contributed by atoms with Crippen LogP contribution in [-0.4, -0.2) is 39.7 Å². The van der Waals surface area contributed by atoms with Crippen molar-refractivity contribution >= 4 is 5.91 Å². The first-order valence-electron chi connectivity index (χ1n) is 9.39. The van der Waals surface area contributed by atoms with Crippen molar-refractivity contribution in [3.05, 3.63) is 83.7 Å². The largest absolute Gasteiger partial charge is 0.348 e. The van der Waals surface area contributed by atoms with Crippen LogP contribution in [-0.2, 0) is 13.0 Å². The molecule has 0 bridgehead atoms. The normalized spacial score (nSPS) is 15.1. The fourth-order valence-electron chi connectivity index (χ4n) is 3.66. The van der Waals surface area contributed by atoms with Gasteiger partial charge in [-0.15, -0.1) is 0 Å². The van der Waals surface area contributed by atoms with E-state index in [2.05, 4.69) is 46.5 Å². The fourth-order valence-corrected chi connectivity index (χ4v) is 3.66. The summed E-state index contributed by atoms with van der Waals surface area (Å²) in [5.74, 6) is -0.0473. The third-order valence-electron chi connectivity index (χ3n) is 5.00. The molecule has 27 heavy (non-hydrogen) atoms. The van der Waals surface area contributed by atoms with Gasteiger partial charge in [0.25, 0.3) is 5.91 Å². The average Bonchev–Trinajstić information content (AvgIpc) is 3.23. The molecule has 1 atom stereocenters. The summed E-state index contributed by atoms with van der Waals surface area (Å²) < 4.78 is 1.76. The van der Waals surface area contributed by atoms with Gasteiger partial charge < -0.3 is 5.32 Å². The number of fused-ring (bicyclic) bond motifs is 1. The maximum Gasteiger partial charge on any atom is 0.251 e. The molecule has 1 amide bonds. The average molecular weight is 360 g/mol. The number of hydrogen-bond donors (Lipinski definition) is 1. The van der Waals surface area contributed by atoms with E-state index in [4.69, 9.17) is 0 Å². The predicted molar refractivity (Wildman–Crippen MR) is 106 cm³/mol. The quantitative estimate of drug-likeness (QED) is 0.761. The Balaban J connectivity index is 1.37. The Morgan fingerprint density at radius 3 is 2.81 bits per heavy atom. The molecule has 0 unspecified atom stereocenters. The molecule has 5 heteroatoms. The Hall–Kier alpha value is -2.92. The highest BCUT2D eigenvalue weighted by Gasteiger charge is 2.19. The van der Waals surface area contributed by atoms with E-state index >= 15 is 0 Å². The lowest BCUT2D eigenvalue weighted by Gasteiger charge is -2.31. The van der Waals surface area contributed by atoms with E-state index in [-0.39, 0.29) is 11.9 Å². The second-order valence-corrected chi connectivity index (χ2v) is 7.13. The van der Waals surface area contributed by atoms with Gasteiger partial charge in [0.05, 0.1) is 5.69 Å². The molecule has 1 aromatic heterocycles. The number of nitrogens with zero attached hydrogens (tertiary/aromatic N) is 3. The fraction of sp³-hybridized carbons (Fsp3) is 0.273. The Morgan fingerprint density at radius 1 is 1.15 bits per heavy atom. The van der Waals surface area contributed by atoms with Crippen LogP contribution in [0.4, 0.5) is 0 Å². The number of benzene rings is 2. The highest BCUT2D eigenvalue weighted by Crippen LogP contribution is 2.18. The van der Waals surface area contributed by atoms with Gasteiger partial charge in [-0.3, -0.25) is 9.69 Å². The molecule has 0 fully saturated rings. The van der Waals surface area contributed by atoms with Crippen molar-refractivity contribution in [2.24, 2.45) is 0 Å². The smallest absolute Gasteiger partial charge is 0.251 e. The van der Waals surface area contributed by atoms with Crippen molar-refractivity contribution in [3.63, 3.8) is 0 Å². The standard InChI is InChI=1S/C22H24N4O/c1-17(15-25-13-10-18-6-2-3-7-20(18)16-25)24-22(27)19-8-4-9-21(14-19)26-12-5-11-23-26/h2-9,11-12,14,17H,10,13,15-16H2,1H3,(H,24,27)/t17-/m1/s1. The van der Waals surface area contributed by atoms with E-state index in [9.17, 15) is 4.79 Å². The van der Waals surface area contributed by atoms with Gasteiger partial charge >= 0.3 is 0 Å². The molecular weight excluding hydrogens is 336 g/mol. The zero-order valence-electron chi connectivity index (χ0n) is 15.5. The SMILES string of the molecule is C[C@H](CN1CCc2ccccc2C1)NC(=O)c1cccc(-n2cccn2)c1. The van der Waals surface area contributed by atoms with Crippen LogP contribution < -0.4 is 5.32 Å². The third kappa shape index (κ3) is 4.09. The third-order valence-corrected chi connectivity index (χ3v) is 5.00. The first-order valence-corrected chi connectivity index (χ1v) is 9.39. The van der Waals surface area contributed by atoms with E-state index in [1.807, 2.05) is 36.5 Å². The minimum Gasteiger partial charge on any atom is -0.348 e. The number of carbonyl (C=O) groups excluding carboxylic acids is 1. The first kappa shape index (κ1) is 17.5. The van der Waals surface area contributed by atoms with Gasteiger partial charge in [-0.25, -0.2) is 4.68 Å². The van der Waals surface area contributed by atoms with Gasteiger partial charge in [-0.05, 0) is 48.7 Å². The highest BCUT2D eigenvalue weighted by atomic mass is 16.1. The number of aromatic nitrogens is 2. The van der Waals surface area contributed by atoms with Gasteiger partial charge in [0, 0.05) is 43.6 Å². The maximum absolute atomic E-state index is 12.7. The highest BCUT2D eigenvalue weighted by molar-refractivity contribution is 5.94. The van der Waals surface area contributed by atoms with Crippen LogP contribution in [0.25, 0.3) is 5.69 Å². The summed E-state index contributed by atoms with van der Waals surface area (Å²) in [7, 11) is 0. The lowest BCUT2D eigenvalue weighted by atomic mass is 9.99. The number of carbonyl (C=O) groups is 1. The molecule has 1 aliphatic rings.